The van der Waals surface area contributed by atoms with Gasteiger partial charge in [0, 0.05) is 6.04 Å². The van der Waals surface area contributed by atoms with Gasteiger partial charge in [-0.25, -0.2) is 0 Å². The SMILES string of the molecule is FC(F)(F)C1(NC2CCCCC2C2CCCCC2)CC1. The van der Waals surface area contributed by atoms with Gasteiger partial charge in [0.05, 0.1) is 0 Å². The number of nitrogens with one attached hydrogen (secondary N) is 1. The van der Waals surface area contributed by atoms with Crippen LogP contribution >= 0.6 is 0 Å². The zero-order chi connectivity index (χ0) is 14.2. The summed E-state index contributed by atoms with van der Waals surface area (Å²) in [6, 6.07) is 0.107. The summed E-state index contributed by atoms with van der Waals surface area (Å²) < 4.78 is 39.5. The molecule has 0 saturated heterocycles. The lowest BCUT2D eigenvalue weighted by molar-refractivity contribution is -0.170. The lowest BCUT2D eigenvalue weighted by atomic mass is 9.70. The topological polar surface area (TPSA) is 12.0 Å². The molecule has 2 atom stereocenters. The van der Waals surface area contributed by atoms with E-state index in [1.807, 2.05) is 0 Å². The molecule has 0 aliphatic heterocycles. The zero-order valence-electron chi connectivity index (χ0n) is 12.1. The third-order valence-corrected chi connectivity index (χ3v) is 5.83. The van der Waals surface area contributed by atoms with Gasteiger partial charge in [0.2, 0.25) is 0 Å². The number of rotatable bonds is 3. The summed E-state index contributed by atoms with van der Waals surface area (Å²) in [5.74, 6) is 1.16. The van der Waals surface area contributed by atoms with Crippen LogP contribution in [0, 0.1) is 11.8 Å². The molecule has 1 N–H and O–H groups in total. The Hall–Kier alpha value is -0.250. The van der Waals surface area contributed by atoms with Crippen LogP contribution in [0.4, 0.5) is 13.2 Å². The van der Waals surface area contributed by atoms with Crippen LogP contribution in [0.25, 0.3) is 0 Å². The molecule has 0 aromatic carbocycles. The van der Waals surface area contributed by atoms with Gasteiger partial charge >= 0.3 is 6.18 Å². The van der Waals surface area contributed by atoms with Crippen LogP contribution in [0.3, 0.4) is 0 Å². The highest BCUT2D eigenvalue weighted by molar-refractivity contribution is 5.10. The van der Waals surface area contributed by atoms with Crippen molar-refractivity contribution < 1.29 is 13.2 Å². The summed E-state index contributed by atoms with van der Waals surface area (Å²) in [7, 11) is 0. The van der Waals surface area contributed by atoms with Gasteiger partial charge in [-0.05, 0) is 37.5 Å². The molecule has 3 fully saturated rings. The monoisotopic (exact) mass is 289 g/mol. The second-order valence-electron chi connectivity index (χ2n) is 7.18. The van der Waals surface area contributed by atoms with Crippen LogP contribution in [0.15, 0.2) is 0 Å². The van der Waals surface area contributed by atoms with E-state index in [1.165, 1.54) is 38.5 Å². The molecule has 1 nitrogen and oxygen atoms in total. The van der Waals surface area contributed by atoms with Crippen molar-refractivity contribution >= 4 is 0 Å². The average molecular weight is 289 g/mol. The number of halogens is 3. The number of hydrogen-bond donors (Lipinski definition) is 1. The molecule has 20 heavy (non-hydrogen) atoms. The minimum atomic E-state index is -4.07. The van der Waals surface area contributed by atoms with E-state index in [9.17, 15) is 13.2 Å². The Labute approximate surface area is 119 Å². The Bertz CT molecular complexity index is 329. The van der Waals surface area contributed by atoms with E-state index in [1.54, 1.807) is 0 Å². The van der Waals surface area contributed by atoms with Gasteiger partial charge in [0.15, 0.2) is 0 Å². The normalized spacial score (nSPS) is 35.0. The third kappa shape index (κ3) is 2.86. The van der Waals surface area contributed by atoms with E-state index in [0.717, 1.165) is 19.3 Å². The molecule has 0 amide bonds. The molecular weight excluding hydrogens is 263 g/mol. The molecule has 3 saturated carbocycles. The van der Waals surface area contributed by atoms with Crippen LogP contribution in [0.1, 0.15) is 70.6 Å². The fourth-order valence-electron chi connectivity index (χ4n) is 4.45. The molecule has 0 aromatic heterocycles. The zero-order valence-corrected chi connectivity index (χ0v) is 12.1. The largest absolute Gasteiger partial charge is 0.406 e. The highest BCUT2D eigenvalue weighted by Crippen LogP contribution is 2.51. The Morgan fingerprint density at radius 3 is 2.00 bits per heavy atom. The fourth-order valence-corrected chi connectivity index (χ4v) is 4.45. The second-order valence-corrected chi connectivity index (χ2v) is 7.18. The van der Waals surface area contributed by atoms with Crippen molar-refractivity contribution in [2.45, 2.75) is 88.4 Å². The standard InChI is InChI=1S/C16H26F3N/c17-16(18,19)15(10-11-15)20-14-9-5-4-8-13(14)12-6-2-1-3-7-12/h12-14,20H,1-11H2. The highest BCUT2D eigenvalue weighted by Gasteiger charge is 2.64. The van der Waals surface area contributed by atoms with Gasteiger partial charge in [0.25, 0.3) is 0 Å². The van der Waals surface area contributed by atoms with Crippen molar-refractivity contribution in [1.82, 2.24) is 5.32 Å². The summed E-state index contributed by atoms with van der Waals surface area (Å²) in [5, 5.41) is 3.07. The van der Waals surface area contributed by atoms with Crippen LogP contribution in [-0.2, 0) is 0 Å². The third-order valence-electron chi connectivity index (χ3n) is 5.83. The first kappa shape index (κ1) is 14.7. The molecule has 0 heterocycles. The summed E-state index contributed by atoms with van der Waals surface area (Å²) >= 11 is 0. The van der Waals surface area contributed by atoms with E-state index in [0.29, 0.717) is 11.8 Å². The van der Waals surface area contributed by atoms with E-state index in [2.05, 4.69) is 5.32 Å². The smallest absolute Gasteiger partial charge is 0.301 e. The highest BCUT2D eigenvalue weighted by atomic mass is 19.4. The van der Waals surface area contributed by atoms with Crippen molar-refractivity contribution in [3.05, 3.63) is 0 Å². The van der Waals surface area contributed by atoms with Crippen LogP contribution < -0.4 is 5.32 Å². The average Bonchev–Trinajstić information content (AvgIpc) is 3.21. The number of hydrogen-bond acceptors (Lipinski definition) is 1. The fraction of sp³-hybridized carbons (Fsp3) is 1.00. The van der Waals surface area contributed by atoms with Gasteiger partial charge in [0.1, 0.15) is 5.54 Å². The maximum absolute atomic E-state index is 13.2. The van der Waals surface area contributed by atoms with Gasteiger partial charge in [-0.15, -0.1) is 0 Å². The summed E-state index contributed by atoms with van der Waals surface area (Å²) in [4.78, 5) is 0. The van der Waals surface area contributed by atoms with Gasteiger partial charge in [-0.2, -0.15) is 13.2 Å². The van der Waals surface area contributed by atoms with Gasteiger partial charge in [-0.1, -0.05) is 44.9 Å². The first-order valence-corrected chi connectivity index (χ1v) is 8.36. The lowest BCUT2D eigenvalue weighted by Crippen LogP contribution is -2.54. The Morgan fingerprint density at radius 1 is 0.800 bits per heavy atom. The summed E-state index contributed by atoms with van der Waals surface area (Å²) in [5.41, 5.74) is -1.53. The molecule has 3 aliphatic carbocycles. The Balaban J connectivity index is 1.66. The number of alkyl halides is 3. The maximum Gasteiger partial charge on any atom is 0.406 e. The first-order chi connectivity index (χ1) is 9.52. The van der Waals surface area contributed by atoms with Gasteiger partial charge in [-0.3, -0.25) is 0 Å². The molecule has 3 rings (SSSR count). The molecule has 0 aromatic rings. The molecule has 0 radical (unpaired) electrons. The molecule has 0 bridgehead atoms. The van der Waals surface area contributed by atoms with Crippen molar-refractivity contribution in [3.63, 3.8) is 0 Å². The molecule has 116 valence electrons. The maximum atomic E-state index is 13.2. The molecule has 4 heteroatoms. The predicted molar refractivity (Wildman–Crippen MR) is 73.5 cm³/mol. The second kappa shape index (κ2) is 5.51. The van der Waals surface area contributed by atoms with Crippen molar-refractivity contribution in [3.8, 4) is 0 Å². The Kier molecular flexibility index (Phi) is 4.04. The molecular formula is C16H26F3N. The lowest BCUT2D eigenvalue weighted by Gasteiger charge is -2.41. The van der Waals surface area contributed by atoms with Crippen LogP contribution in [0.2, 0.25) is 0 Å². The van der Waals surface area contributed by atoms with E-state index in [-0.39, 0.29) is 18.9 Å². The van der Waals surface area contributed by atoms with E-state index < -0.39 is 11.7 Å². The summed E-state index contributed by atoms with van der Waals surface area (Å²) in [6.07, 6.45) is 7.22. The molecule has 2 unspecified atom stereocenters. The first-order valence-electron chi connectivity index (χ1n) is 8.36. The minimum Gasteiger partial charge on any atom is -0.301 e. The van der Waals surface area contributed by atoms with Crippen molar-refractivity contribution in [2.75, 3.05) is 0 Å². The van der Waals surface area contributed by atoms with E-state index >= 15 is 0 Å². The van der Waals surface area contributed by atoms with Crippen molar-refractivity contribution in [2.24, 2.45) is 11.8 Å². The molecule has 3 aliphatic rings. The minimum absolute atomic E-state index is 0.107. The summed E-state index contributed by atoms with van der Waals surface area (Å²) in [6.45, 7) is 0. The van der Waals surface area contributed by atoms with Crippen LogP contribution in [-0.4, -0.2) is 17.8 Å². The van der Waals surface area contributed by atoms with E-state index in [4.69, 9.17) is 0 Å². The quantitative estimate of drug-likeness (QED) is 0.786. The molecule has 0 spiro atoms. The van der Waals surface area contributed by atoms with Gasteiger partial charge < -0.3 is 5.32 Å². The van der Waals surface area contributed by atoms with Crippen LogP contribution in [0.5, 0.6) is 0 Å². The Morgan fingerprint density at radius 2 is 1.40 bits per heavy atom. The predicted octanol–water partition coefficient (Wildman–Crippen LogP) is 4.81. The van der Waals surface area contributed by atoms with Crippen molar-refractivity contribution in [1.29, 1.82) is 0 Å².